The van der Waals surface area contributed by atoms with Crippen LogP contribution in [0.3, 0.4) is 0 Å². The highest BCUT2D eigenvalue weighted by Crippen LogP contribution is 2.36. The molecule has 0 radical (unpaired) electrons. The Bertz CT molecular complexity index is 246. The van der Waals surface area contributed by atoms with Gasteiger partial charge in [-0.15, -0.1) is 0 Å². The van der Waals surface area contributed by atoms with Crippen molar-refractivity contribution < 1.29 is 8.42 Å². The Balaban J connectivity index is 2.27. The SMILES string of the molecule is CCS(=O)(=O)CCC1CCC1CN. The Labute approximate surface area is 80.6 Å². The summed E-state index contributed by atoms with van der Waals surface area (Å²) in [6.45, 7) is 2.42. The molecule has 1 aliphatic rings. The minimum atomic E-state index is -2.76. The molecule has 2 unspecified atom stereocenters. The second kappa shape index (κ2) is 4.42. The van der Waals surface area contributed by atoms with Gasteiger partial charge in [0.05, 0.1) is 5.75 Å². The molecule has 0 amide bonds. The van der Waals surface area contributed by atoms with Gasteiger partial charge in [0.25, 0.3) is 0 Å². The second-order valence-corrected chi connectivity index (χ2v) is 6.33. The first-order valence-corrected chi connectivity index (χ1v) is 6.81. The molecular weight excluding hydrogens is 186 g/mol. The Morgan fingerprint density at radius 2 is 1.92 bits per heavy atom. The number of nitrogens with two attached hydrogens (primary N) is 1. The molecule has 1 fully saturated rings. The van der Waals surface area contributed by atoms with E-state index in [0.717, 1.165) is 13.0 Å². The van der Waals surface area contributed by atoms with Crippen LogP contribution in [0.5, 0.6) is 0 Å². The average Bonchev–Trinajstić information content (AvgIpc) is 2.03. The van der Waals surface area contributed by atoms with Crippen LogP contribution >= 0.6 is 0 Å². The summed E-state index contributed by atoms with van der Waals surface area (Å²) in [4.78, 5) is 0. The maximum Gasteiger partial charge on any atom is 0.150 e. The fourth-order valence-corrected chi connectivity index (χ4v) is 2.75. The zero-order chi connectivity index (χ0) is 9.90. The molecule has 0 aliphatic heterocycles. The number of sulfone groups is 1. The van der Waals surface area contributed by atoms with E-state index < -0.39 is 9.84 Å². The van der Waals surface area contributed by atoms with Crippen LogP contribution in [0, 0.1) is 11.8 Å². The first-order valence-electron chi connectivity index (χ1n) is 4.99. The molecule has 0 aromatic heterocycles. The van der Waals surface area contributed by atoms with E-state index in [4.69, 9.17) is 5.73 Å². The minimum absolute atomic E-state index is 0.271. The molecule has 0 spiro atoms. The maximum atomic E-state index is 11.2. The lowest BCUT2D eigenvalue weighted by Gasteiger charge is -2.35. The van der Waals surface area contributed by atoms with E-state index in [1.807, 2.05) is 0 Å². The number of hydrogen-bond donors (Lipinski definition) is 1. The highest BCUT2D eigenvalue weighted by atomic mass is 32.2. The third-order valence-corrected chi connectivity index (χ3v) is 4.85. The van der Waals surface area contributed by atoms with Gasteiger partial charge in [-0.05, 0) is 37.6 Å². The normalized spacial score (nSPS) is 28.5. The van der Waals surface area contributed by atoms with Crippen LogP contribution in [0.15, 0.2) is 0 Å². The van der Waals surface area contributed by atoms with Gasteiger partial charge in [-0.2, -0.15) is 0 Å². The van der Waals surface area contributed by atoms with Gasteiger partial charge >= 0.3 is 0 Å². The molecule has 3 nitrogen and oxygen atoms in total. The van der Waals surface area contributed by atoms with Crippen LogP contribution in [0.1, 0.15) is 26.2 Å². The quantitative estimate of drug-likeness (QED) is 0.722. The van der Waals surface area contributed by atoms with Gasteiger partial charge in [0.2, 0.25) is 0 Å². The van der Waals surface area contributed by atoms with Gasteiger partial charge in [-0.3, -0.25) is 0 Å². The predicted molar refractivity (Wildman–Crippen MR) is 54.2 cm³/mol. The zero-order valence-corrected chi connectivity index (χ0v) is 9.02. The summed E-state index contributed by atoms with van der Waals surface area (Å²) in [5.41, 5.74) is 5.55. The van der Waals surface area contributed by atoms with Crippen LogP contribution in [0.25, 0.3) is 0 Å². The lowest BCUT2D eigenvalue weighted by atomic mass is 9.72. The Hall–Kier alpha value is -0.0900. The molecule has 0 aromatic carbocycles. The molecule has 0 saturated heterocycles. The molecule has 13 heavy (non-hydrogen) atoms. The van der Waals surface area contributed by atoms with Crippen LogP contribution in [-0.4, -0.2) is 26.5 Å². The van der Waals surface area contributed by atoms with Crippen LogP contribution in [-0.2, 0) is 9.84 Å². The molecule has 1 saturated carbocycles. The van der Waals surface area contributed by atoms with Crippen LogP contribution < -0.4 is 5.73 Å². The molecule has 78 valence electrons. The highest BCUT2D eigenvalue weighted by Gasteiger charge is 2.29. The van der Waals surface area contributed by atoms with Crippen molar-refractivity contribution >= 4 is 9.84 Å². The summed E-state index contributed by atoms with van der Waals surface area (Å²) in [7, 11) is -2.76. The van der Waals surface area contributed by atoms with Crippen molar-refractivity contribution in [1.29, 1.82) is 0 Å². The molecule has 0 bridgehead atoms. The molecular formula is C9H19NO2S. The van der Waals surface area contributed by atoms with Crippen LogP contribution in [0.2, 0.25) is 0 Å². The predicted octanol–water partition coefficient (Wildman–Crippen LogP) is 0.796. The molecule has 4 heteroatoms. The van der Waals surface area contributed by atoms with Crippen molar-refractivity contribution in [3.63, 3.8) is 0 Å². The third kappa shape index (κ3) is 2.95. The first kappa shape index (κ1) is 11.0. The van der Waals surface area contributed by atoms with E-state index in [2.05, 4.69) is 0 Å². The smallest absolute Gasteiger partial charge is 0.150 e. The molecule has 0 aromatic rings. The topological polar surface area (TPSA) is 60.2 Å². The fourth-order valence-electron chi connectivity index (χ4n) is 1.80. The van der Waals surface area contributed by atoms with Gasteiger partial charge in [-0.1, -0.05) is 6.92 Å². The summed E-state index contributed by atoms with van der Waals surface area (Å²) in [6, 6.07) is 0. The number of hydrogen-bond acceptors (Lipinski definition) is 3. The van der Waals surface area contributed by atoms with Crippen molar-refractivity contribution in [3.8, 4) is 0 Å². The summed E-state index contributed by atoms with van der Waals surface area (Å²) in [5.74, 6) is 1.79. The van der Waals surface area contributed by atoms with Crippen molar-refractivity contribution in [3.05, 3.63) is 0 Å². The largest absolute Gasteiger partial charge is 0.330 e. The van der Waals surface area contributed by atoms with E-state index >= 15 is 0 Å². The zero-order valence-electron chi connectivity index (χ0n) is 8.20. The minimum Gasteiger partial charge on any atom is -0.330 e. The summed E-state index contributed by atoms with van der Waals surface area (Å²) >= 11 is 0. The maximum absolute atomic E-state index is 11.2. The molecule has 2 N–H and O–H groups in total. The van der Waals surface area contributed by atoms with Gasteiger partial charge in [0, 0.05) is 5.75 Å². The Kier molecular flexibility index (Phi) is 3.74. The average molecular weight is 205 g/mol. The summed E-state index contributed by atoms with van der Waals surface area (Å²) in [6.07, 6.45) is 3.17. The monoisotopic (exact) mass is 205 g/mol. The Morgan fingerprint density at radius 1 is 1.31 bits per heavy atom. The molecule has 1 rings (SSSR count). The standard InChI is InChI=1S/C9H19NO2S/c1-2-13(11,12)6-5-8-3-4-9(8)7-10/h8-9H,2-7,10H2,1H3. The van der Waals surface area contributed by atoms with E-state index in [9.17, 15) is 8.42 Å². The van der Waals surface area contributed by atoms with Gasteiger partial charge in [0.1, 0.15) is 9.84 Å². The molecule has 2 atom stereocenters. The fraction of sp³-hybridized carbons (Fsp3) is 1.00. The van der Waals surface area contributed by atoms with Gasteiger partial charge in [-0.25, -0.2) is 8.42 Å². The van der Waals surface area contributed by atoms with Crippen molar-refractivity contribution in [2.24, 2.45) is 17.6 Å². The van der Waals surface area contributed by atoms with Crippen molar-refractivity contribution in [1.82, 2.24) is 0 Å². The lowest BCUT2D eigenvalue weighted by molar-refractivity contribution is 0.179. The van der Waals surface area contributed by atoms with E-state index in [1.54, 1.807) is 6.92 Å². The summed E-state index contributed by atoms with van der Waals surface area (Å²) in [5, 5.41) is 0. The summed E-state index contributed by atoms with van der Waals surface area (Å²) < 4.78 is 22.4. The van der Waals surface area contributed by atoms with E-state index in [-0.39, 0.29) is 5.75 Å². The third-order valence-electron chi connectivity index (χ3n) is 3.12. The number of rotatable bonds is 5. The van der Waals surface area contributed by atoms with E-state index in [1.165, 1.54) is 12.8 Å². The second-order valence-electron chi connectivity index (χ2n) is 3.86. The van der Waals surface area contributed by atoms with Crippen molar-refractivity contribution in [2.45, 2.75) is 26.2 Å². The van der Waals surface area contributed by atoms with Crippen molar-refractivity contribution in [2.75, 3.05) is 18.1 Å². The molecule has 1 aliphatic carbocycles. The van der Waals surface area contributed by atoms with Crippen LogP contribution in [0.4, 0.5) is 0 Å². The lowest BCUT2D eigenvalue weighted by Crippen LogP contribution is -2.33. The van der Waals surface area contributed by atoms with Gasteiger partial charge < -0.3 is 5.73 Å². The Morgan fingerprint density at radius 3 is 2.31 bits per heavy atom. The first-order chi connectivity index (χ1) is 6.09. The van der Waals surface area contributed by atoms with Gasteiger partial charge in [0.15, 0.2) is 0 Å². The van der Waals surface area contributed by atoms with E-state index in [0.29, 0.717) is 17.6 Å². The highest BCUT2D eigenvalue weighted by molar-refractivity contribution is 7.91. The molecule has 0 heterocycles.